The molecule has 3 aliphatic rings. The van der Waals surface area contributed by atoms with Crippen LogP contribution in [0.4, 0.5) is 17.3 Å². The summed E-state index contributed by atoms with van der Waals surface area (Å²) in [4.78, 5) is 52.8. The number of pyridine rings is 3. The zero-order chi connectivity index (χ0) is 33.9. The maximum Gasteiger partial charge on any atom is 0.276 e. The second kappa shape index (κ2) is 12.0. The lowest BCUT2D eigenvalue weighted by Gasteiger charge is -2.38. The van der Waals surface area contributed by atoms with E-state index in [1.165, 1.54) is 22.0 Å². The van der Waals surface area contributed by atoms with Crippen LogP contribution >= 0.6 is 0 Å². The first-order valence-corrected chi connectivity index (χ1v) is 16.4. The summed E-state index contributed by atoms with van der Waals surface area (Å²) in [6, 6.07) is 8.78. The molecule has 1 fully saturated rings. The van der Waals surface area contributed by atoms with Crippen LogP contribution in [0.25, 0.3) is 11.1 Å². The van der Waals surface area contributed by atoms with Gasteiger partial charge in [0.25, 0.3) is 17.4 Å². The highest BCUT2D eigenvalue weighted by Gasteiger charge is 2.37. The Hall–Kier alpha value is -4.81. The highest BCUT2D eigenvalue weighted by molar-refractivity contribution is 6.06. The Morgan fingerprint density at radius 2 is 1.83 bits per heavy atom. The van der Waals surface area contributed by atoms with Crippen LogP contribution in [0.15, 0.2) is 53.7 Å². The van der Waals surface area contributed by atoms with Crippen molar-refractivity contribution >= 4 is 29.1 Å². The third-order valence-corrected chi connectivity index (χ3v) is 9.74. The normalized spacial score (nSPS) is 20.1. The lowest BCUT2D eigenvalue weighted by atomic mass is 9.90. The number of amides is 2. The molecule has 48 heavy (non-hydrogen) atoms. The van der Waals surface area contributed by atoms with Gasteiger partial charge in [-0.2, -0.15) is 0 Å². The van der Waals surface area contributed by atoms with E-state index in [4.69, 9.17) is 4.74 Å². The number of aliphatic hydroxyl groups excluding tert-OH is 1. The van der Waals surface area contributed by atoms with Gasteiger partial charge in [-0.15, -0.1) is 0 Å². The Labute approximate surface area is 279 Å². The number of hydrogen-bond acceptors (Lipinski definition) is 8. The molecular weight excluding hydrogens is 610 g/mol. The first-order valence-electron chi connectivity index (χ1n) is 16.4. The molecule has 12 nitrogen and oxygen atoms in total. The van der Waals surface area contributed by atoms with Gasteiger partial charge in [0.15, 0.2) is 0 Å². The van der Waals surface area contributed by atoms with E-state index in [1.807, 2.05) is 24.8 Å². The van der Waals surface area contributed by atoms with Gasteiger partial charge >= 0.3 is 0 Å². The summed E-state index contributed by atoms with van der Waals surface area (Å²) in [5, 5.41) is 13.7. The molecule has 4 aromatic heterocycles. The topological polar surface area (TPSA) is 135 Å². The molecule has 2 N–H and O–H groups in total. The highest BCUT2D eigenvalue weighted by Crippen LogP contribution is 2.40. The SMILES string of the molecule is CC1COCC(C)N1C(=O)c1ccc(Nc2cc(-c3ccnc(N4CCn5c(cc6c5CC(C)(C)C6)C4=O)c3CO)cn(C)c2=O)nc1. The van der Waals surface area contributed by atoms with Gasteiger partial charge in [-0.25, -0.2) is 9.97 Å². The molecule has 0 saturated carbocycles. The number of morpholine rings is 1. The Kier molecular flexibility index (Phi) is 7.95. The van der Waals surface area contributed by atoms with Crippen molar-refractivity contribution in [3.63, 3.8) is 0 Å². The van der Waals surface area contributed by atoms with Crippen LogP contribution in [0.3, 0.4) is 0 Å². The standard InChI is InChI=1S/C36H41N7O5/c1-21-19-48-20-22(2)43(21)33(45)23-6-7-31(38-16-23)39-28-12-25(17-40(5)34(28)46)26-8-9-37-32(27(26)18-44)42-11-10-41-29(35(42)47)13-24-14-36(3,4)15-30(24)41/h6-9,12-13,16-17,21-22,44H,10-11,14-15,18-20H2,1-5H3,(H,38,39). The van der Waals surface area contributed by atoms with Crippen molar-refractivity contribution in [2.45, 2.75) is 65.8 Å². The van der Waals surface area contributed by atoms with Gasteiger partial charge in [-0.1, -0.05) is 13.8 Å². The van der Waals surface area contributed by atoms with E-state index in [0.29, 0.717) is 65.9 Å². The fraction of sp³-hybridized carbons (Fsp3) is 0.417. The molecule has 2 aliphatic heterocycles. The fourth-order valence-electron chi connectivity index (χ4n) is 7.49. The lowest BCUT2D eigenvalue weighted by Crippen LogP contribution is -2.52. The number of aliphatic hydroxyl groups is 1. The zero-order valence-electron chi connectivity index (χ0n) is 28.0. The molecule has 7 rings (SSSR count). The van der Waals surface area contributed by atoms with Crippen LogP contribution in [0.5, 0.6) is 0 Å². The number of carbonyl (C=O) groups excluding carboxylic acids is 2. The number of carbonyl (C=O) groups is 2. The summed E-state index contributed by atoms with van der Waals surface area (Å²) in [7, 11) is 1.65. The molecule has 0 bridgehead atoms. The number of hydrogen-bond donors (Lipinski definition) is 2. The number of ether oxygens (including phenoxy) is 1. The summed E-state index contributed by atoms with van der Waals surface area (Å²) >= 11 is 0. The van der Waals surface area contributed by atoms with Crippen molar-refractivity contribution in [2.24, 2.45) is 12.5 Å². The summed E-state index contributed by atoms with van der Waals surface area (Å²) in [5.41, 5.74) is 5.57. The molecule has 0 spiro atoms. The monoisotopic (exact) mass is 651 g/mol. The van der Waals surface area contributed by atoms with Crippen molar-refractivity contribution < 1.29 is 19.4 Å². The van der Waals surface area contributed by atoms with Crippen LogP contribution in [-0.2, 0) is 37.8 Å². The molecule has 2 unspecified atom stereocenters. The fourth-order valence-corrected chi connectivity index (χ4v) is 7.49. The van der Waals surface area contributed by atoms with Gasteiger partial charge < -0.3 is 29.2 Å². The van der Waals surface area contributed by atoms with E-state index in [0.717, 1.165) is 12.8 Å². The van der Waals surface area contributed by atoms with Crippen molar-refractivity contribution in [1.82, 2.24) is 24.0 Å². The number of nitrogens with one attached hydrogen (secondary N) is 1. The molecule has 4 aromatic rings. The van der Waals surface area contributed by atoms with E-state index < -0.39 is 0 Å². The third kappa shape index (κ3) is 5.48. The number of fused-ring (bicyclic) bond motifs is 3. The van der Waals surface area contributed by atoms with Crippen LogP contribution in [0.1, 0.15) is 65.4 Å². The Balaban J connectivity index is 1.16. The maximum atomic E-state index is 13.8. The summed E-state index contributed by atoms with van der Waals surface area (Å²) < 4.78 is 9.16. The van der Waals surface area contributed by atoms with Crippen molar-refractivity contribution in [3.05, 3.63) is 87.4 Å². The molecule has 250 valence electrons. The Morgan fingerprint density at radius 3 is 2.54 bits per heavy atom. The molecule has 2 atom stereocenters. The smallest absolute Gasteiger partial charge is 0.276 e. The van der Waals surface area contributed by atoms with Gasteiger partial charge in [0, 0.05) is 55.5 Å². The summed E-state index contributed by atoms with van der Waals surface area (Å²) in [6.07, 6.45) is 6.72. The third-order valence-electron chi connectivity index (χ3n) is 9.74. The molecular formula is C36H41N7O5. The largest absolute Gasteiger partial charge is 0.392 e. The van der Waals surface area contributed by atoms with Crippen LogP contribution in [0.2, 0.25) is 0 Å². The quantitative estimate of drug-likeness (QED) is 0.321. The first-order chi connectivity index (χ1) is 23.0. The van der Waals surface area contributed by atoms with Gasteiger partial charge in [0.1, 0.15) is 23.0 Å². The molecule has 6 heterocycles. The zero-order valence-corrected chi connectivity index (χ0v) is 28.0. The summed E-state index contributed by atoms with van der Waals surface area (Å²) in [6.45, 7) is 10.1. The van der Waals surface area contributed by atoms with Crippen molar-refractivity contribution in [3.8, 4) is 11.1 Å². The number of aryl methyl sites for hydroxylation is 1. The van der Waals surface area contributed by atoms with Gasteiger partial charge in [0.05, 0.1) is 37.5 Å². The van der Waals surface area contributed by atoms with Crippen LogP contribution < -0.4 is 15.8 Å². The number of rotatable bonds is 6. The summed E-state index contributed by atoms with van der Waals surface area (Å²) in [5.74, 6) is 0.552. The van der Waals surface area contributed by atoms with E-state index >= 15 is 0 Å². The van der Waals surface area contributed by atoms with Crippen molar-refractivity contribution in [1.29, 1.82) is 0 Å². The minimum Gasteiger partial charge on any atom is -0.392 e. The number of nitrogens with zero attached hydrogens (tertiary/aromatic N) is 6. The van der Waals surface area contributed by atoms with E-state index in [2.05, 4.69) is 33.7 Å². The average Bonchev–Trinajstić information content (AvgIpc) is 3.55. The molecule has 0 radical (unpaired) electrons. The van der Waals surface area contributed by atoms with Crippen molar-refractivity contribution in [2.75, 3.05) is 30.0 Å². The van der Waals surface area contributed by atoms with Crippen LogP contribution in [-0.4, -0.2) is 72.8 Å². The predicted octanol–water partition coefficient (Wildman–Crippen LogP) is 3.91. The molecule has 0 aromatic carbocycles. The van der Waals surface area contributed by atoms with Gasteiger partial charge in [0.2, 0.25) is 0 Å². The van der Waals surface area contributed by atoms with E-state index in [-0.39, 0.29) is 47.2 Å². The van der Waals surface area contributed by atoms with Crippen LogP contribution in [0, 0.1) is 5.41 Å². The first kappa shape index (κ1) is 31.8. The average molecular weight is 652 g/mol. The lowest BCUT2D eigenvalue weighted by molar-refractivity contribution is -0.0249. The molecule has 12 heteroatoms. The Morgan fingerprint density at radius 1 is 1.06 bits per heavy atom. The minimum absolute atomic E-state index is 0.0461. The second-order valence-corrected chi connectivity index (χ2v) is 14.0. The number of anilines is 3. The highest BCUT2D eigenvalue weighted by atomic mass is 16.5. The number of aromatic nitrogens is 4. The predicted molar refractivity (Wildman–Crippen MR) is 182 cm³/mol. The van der Waals surface area contributed by atoms with E-state index in [9.17, 15) is 19.5 Å². The molecule has 2 amide bonds. The maximum absolute atomic E-state index is 13.8. The minimum atomic E-state index is -0.350. The second-order valence-electron chi connectivity index (χ2n) is 14.0. The molecule has 1 saturated heterocycles. The van der Waals surface area contributed by atoms with Gasteiger partial charge in [-0.3, -0.25) is 19.3 Å². The van der Waals surface area contributed by atoms with E-state index in [1.54, 1.807) is 48.6 Å². The van der Waals surface area contributed by atoms with Gasteiger partial charge in [-0.05, 0) is 73.6 Å². The Bertz CT molecular complexity index is 1970. The molecule has 1 aliphatic carbocycles.